The minimum Gasteiger partial charge on any atom is -0.464 e. The molecule has 0 bridgehead atoms. The molecule has 0 aliphatic rings. The van der Waals surface area contributed by atoms with Gasteiger partial charge in [0.1, 0.15) is 0 Å². The molecule has 0 saturated carbocycles. The van der Waals surface area contributed by atoms with Gasteiger partial charge in [0.2, 0.25) is 5.88 Å². The Morgan fingerprint density at radius 1 is 1.40 bits per heavy atom. The lowest BCUT2D eigenvalue weighted by Crippen LogP contribution is -2.08. The minimum absolute atomic E-state index is 0.0924. The molecule has 0 radical (unpaired) electrons. The number of methoxy groups -OCH3 is 1. The SMILES string of the molecule is COC(=O)c1cc(I)cc(OC(C)=O)n1. The molecule has 1 aromatic heterocycles. The number of carbonyl (C=O) groups excluding carboxylic acids is 2. The van der Waals surface area contributed by atoms with E-state index in [0.29, 0.717) is 0 Å². The second-order valence-corrected chi connectivity index (χ2v) is 3.84. The third kappa shape index (κ3) is 3.46. The summed E-state index contributed by atoms with van der Waals surface area (Å²) in [5.74, 6) is -0.961. The van der Waals surface area contributed by atoms with Crippen molar-refractivity contribution in [2.24, 2.45) is 0 Å². The molecule has 0 atom stereocenters. The zero-order chi connectivity index (χ0) is 11.4. The Morgan fingerprint density at radius 2 is 2.07 bits per heavy atom. The van der Waals surface area contributed by atoms with Crippen LogP contribution in [0, 0.1) is 3.57 Å². The lowest BCUT2D eigenvalue weighted by atomic mass is 10.3. The highest BCUT2D eigenvalue weighted by Gasteiger charge is 2.11. The van der Waals surface area contributed by atoms with Crippen molar-refractivity contribution in [1.29, 1.82) is 0 Å². The number of nitrogens with zero attached hydrogens (tertiary/aromatic N) is 1. The van der Waals surface area contributed by atoms with Crippen LogP contribution in [0.2, 0.25) is 0 Å². The van der Waals surface area contributed by atoms with Crippen molar-refractivity contribution in [1.82, 2.24) is 4.98 Å². The summed E-state index contributed by atoms with van der Waals surface area (Å²) in [6, 6.07) is 3.09. The van der Waals surface area contributed by atoms with Crippen molar-refractivity contribution >= 4 is 34.5 Å². The fourth-order valence-corrected chi connectivity index (χ4v) is 1.44. The van der Waals surface area contributed by atoms with Gasteiger partial charge in [0, 0.05) is 16.6 Å². The molecule has 15 heavy (non-hydrogen) atoms. The molecule has 0 aliphatic heterocycles. The molecule has 1 rings (SSSR count). The van der Waals surface area contributed by atoms with E-state index in [-0.39, 0.29) is 11.6 Å². The Balaban J connectivity index is 3.04. The first-order chi connectivity index (χ1) is 7.02. The van der Waals surface area contributed by atoms with Crippen LogP contribution in [0.3, 0.4) is 0 Å². The lowest BCUT2D eigenvalue weighted by molar-refractivity contribution is -0.132. The second-order valence-electron chi connectivity index (χ2n) is 2.59. The fourth-order valence-electron chi connectivity index (χ4n) is 0.882. The Bertz CT molecular complexity index is 405. The smallest absolute Gasteiger partial charge is 0.356 e. The standard InChI is InChI=1S/C9H8INO4/c1-5(12)15-8-4-6(10)3-7(11-8)9(13)14-2/h3-4H,1-2H3. The number of hydrogen-bond acceptors (Lipinski definition) is 5. The average molecular weight is 321 g/mol. The summed E-state index contributed by atoms with van der Waals surface area (Å²) < 4.78 is 10.0. The highest BCUT2D eigenvalue weighted by molar-refractivity contribution is 14.1. The Hall–Kier alpha value is -1.18. The van der Waals surface area contributed by atoms with Crippen LogP contribution >= 0.6 is 22.6 Å². The summed E-state index contributed by atoms with van der Waals surface area (Å²) in [6.45, 7) is 1.26. The highest BCUT2D eigenvalue weighted by atomic mass is 127. The number of rotatable bonds is 2. The Kier molecular flexibility index (Phi) is 4.01. The van der Waals surface area contributed by atoms with Crippen LogP contribution in [0.5, 0.6) is 5.88 Å². The van der Waals surface area contributed by atoms with E-state index in [1.807, 2.05) is 22.6 Å². The number of hydrogen-bond donors (Lipinski definition) is 0. The monoisotopic (exact) mass is 321 g/mol. The third-order valence-corrected chi connectivity index (χ3v) is 2.03. The number of ether oxygens (including phenoxy) is 2. The number of halogens is 1. The zero-order valence-corrected chi connectivity index (χ0v) is 10.3. The van der Waals surface area contributed by atoms with E-state index in [2.05, 4.69) is 9.72 Å². The van der Waals surface area contributed by atoms with Crippen LogP contribution in [-0.2, 0) is 9.53 Å². The first-order valence-electron chi connectivity index (χ1n) is 3.97. The predicted octanol–water partition coefficient (Wildman–Crippen LogP) is 1.40. The quantitative estimate of drug-likeness (QED) is 0.608. The molecule has 0 saturated heterocycles. The molecule has 6 heteroatoms. The van der Waals surface area contributed by atoms with E-state index in [0.717, 1.165) is 3.57 Å². The molecule has 0 amide bonds. The molecule has 5 nitrogen and oxygen atoms in total. The van der Waals surface area contributed by atoms with Crippen LogP contribution in [0.25, 0.3) is 0 Å². The van der Waals surface area contributed by atoms with E-state index in [4.69, 9.17) is 4.74 Å². The molecule has 0 spiro atoms. The van der Waals surface area contributed by atoms with E-state index < -0.39 is 11.9 Å². The van der Waals surface area contributed by atoms with Gasteiger partial charge in [-0.3, -0.25) is 4.79 Å². The van der Waals surface area contributed by atoms with Crippen molar-refractivity contribution < 1.29 is 19.1 Å². The van der Waals surface area contributed by atoms with Gasteiger partial charge < -0.3 is 9.47 Å². The molecular weight excluding hydrogens is 313 g/mol. The number of esters is 2. The van der Waals surface area contributed by atoms with Crippen molar-refractivity contribution in [3.63, 3.8) is 0 Å². The first-order valence-corrected chi connectivity index (χ1v) is 5.05. The fraction of sp³-hybridized carbons (Fsp3) is 0.222. The predicted molar refractivity (Wildman–Crippen MR) is 59.6 cm³/mol. The topological polar surface area (TPSA) is 65.5 Å². The normalized spacial score (nSPS) is 9.53. The maximum Gasteiger partial charge on any atom is 0.356 e. The molecular formula is C9H8INO4. The van der Waals surface area contributed by atoms with Crippen molar-refractivity contribution in [2.75, 3.05) is 7.11 Å². The van der Waals surface area contributed by atoms with Crippen LogP contribution in [0.1, 0.15) is 17.4 Å². The van der Waals surface area contributed by atoms with Crippen LogP contribution in [0.15, 0.2) is 12.1 Å². The van der Waals surface area contributed by atoms with Gasteiger partial charge in [-0.1, -0.05) is 0 Å². The van der Waals surface area contributed by atoms with Gasteiger partial charge in [-0.15, -0.1) is 0 Å². The Labute approximate surface area is 99.9 Å². The van der Waals surface area contributed by atoms with Gasteiger partial charge in [-0.05, 0) is 28.7 Å². The van der Waals surface area contributed by atoms with E-state index >= 15 is 0 Å². The van der Waals surface area contributed by atoms with Gasteiger partial charge in [0.25, 0.3) is 0 Å². The molecule has 0 aromatic carbocycles. The summed E-state index contributed by atoms with van der Waals surface area (Å²) in [4.78, 5) is 25.7. The summed E-state index contributed by atoms with van der Waals surface area (Å²) in [5.41, 5.74) is 0.112. The first kappa shape index (κ1) is 11.9. The van der Waals surface area contributed by atoms with Crippen LogP contribution in [-0.4, -0.2) is 24.0 Å². The van der Waals surface area contributed by atoms with Crippen molar-refractivity contribution in [3.05, 3.63) is 21.4 Å². The van der Waals surface area contributed by atoms with E-state index in [1.165, 1.54) is 14.0 Å². The van der Waals surface area contributed by atoms with Crippen LogP contribution in [0.4, 0.5) is 0 Å². The maximum absolute atomic E-state index is 11.2. The van der Waals surface area contributed by atoms with Gasteiger partial charge >= 0.3 is 11.9 Å². The molecule has 1 aromatic rings. The highest BCUT2D eigenvalue weighted by Crippen LogP contribution is 2.15. The minimum atomic E-state index is -0.568. The third-order valence-electron chi connectivity index (χ3n) is 1.41. The molecule has 0 N–H and O–H groups in total. The van der Waals surface area contributed by atoms with Crippen molar-refractivity contribution in [2.45, 2.75) is 6.92 Å². The van der Waals surface area contributed by atoms with Gasteiger partial charge in [0.15, 0.2) is 5.69 Å². The Morgan fingerprint density at radius 3 is 2.60 bits per heavy atom. The lowest BCUT2D eigenvalue weighted by Gasteiger charge is -2.03. The number of pyridine rings is 1. The second kappa shape index (κ2) is 5.06. The molecule has 0 aliphatic carbocycles. The van der Waals surface area contributed by atoms with Gasteiger partial charge in [0.05, 0.1) is 7.11 Å². The van der Waals surface area contributed by atoms with E-state index in [9.17, 15) is 9.59 Å². The summed E-state index contributed by atoms with van der Waals surface area (Å²) in [5, 5.41) is 0. The van der Waals surface area contributed by atoms with E-state index in [1.54, 1.807) is 12.1 Å². The summed E-state index contributed by atoms with van der Waals surface area (Å²) >= 11 is 1.99. The van der Waals surface area contributed by atoms with Crippen molar-refractivity contribution in [3.8, 4) is 5.88 Å². The van der Waals surface area contributed by atoms with Crippen LogP contribution < -0.4 is 4.74 Å². The maximum atomic E-state index is 11.2. The van der Waals surface area contributed by atoms with Gasteiger partial charge in [-0.2, -0.15) is 0 Å². The number of carbonyl (C=O) groups is 2. The molecule has 0 fully saturated rings. The number of aromatic nitrogens is 1. The molecule has 1 heterocycles. The molecule has 80 valence electrons. The summed E-state index contributed by atoms with van der Waals surface area (Å²) in [6.07, 6.45) is 0. The molecule has 0 unspecified atom stereocenters. The van der Waals surface area contributed by atoms with Gasteiger partial charge in [-0.25, -0.2) is 9.78 Å². The summed E-state index contributed by atoms with van der Waals surface area (Å²) in [7, 11) is 1.26. The largest absolute Gasteiger partial charge is 0.464 e. The average Bonchev–Trinajstić information content (AvgIpc) is 2.14. The zero-order valence-electron chi connectivity index (χ0n) is 8.11.